The van der Waals surface area contributed by atoms with Crippen molar-refractivity contribution in [1.29, 1.82) is 0 Å². The molecule has 0 aromatic heterocycles. The Morgan fingerprint density at radius 2 is 1.67 bits per heavy atom. The number of hydrogen-bond donors (Lipinski definition) is 0. The molecule has 0 aromatic rings. The van der Waals surface area contributed by atoms with Crippen LogP contribution in [0.4, 0.5) is 0 Å². The Kier molecular flexibility index (Phi) is 4.59. The minimum absolute atomic E-state index is 0.702. The second kappa shape index (κ2) is 4.93. The number of carboxylic acids is 1. The van der Waals surface area contributed by atoms with Crippen LogP contribution in [0.15, 0.2) is 12.3 Å². The molecule has 0 amide bonds. The number of rotatable bonds is 5. The number of quaternary nitrogens is 1. The fourth-order valence-electron chi connectivity index (χ4n) is 1.21. The highest BCUT2D eigenvalue weighted by molar-refractivity contribution is 5.77. The van der Waals surface area contributed by atoms with Crippen LogP contribution in [0.25, 0.3) is 0 Å². The molecule has 0 unspecified atom stereocenters. The Morgan fingerprint density at radius 3 is 1.92 bits per heavy atom. The molecule has 70 valence electrons. The molecule has 0 aromatic carbocycles. The fraction of sp³-hybridized carbons (Fsp3) is 0.667. The lowest BCUT2D eigenvalue weighted by molar-refractivity contribution is -0.874. The highest BCUT2D eigenvalue weighted by Crippen LogP contribution is 2.06. The fourth-order valence-corrected chi connectivity index (χ4v) is 1.21. The van der Waals surface area contributed by atoms with E-state index in [2.05, 4.69) is 0 Å². The molecule has 3 nitrogen and oxygen atoms in total. The first-order valence-electron chi connectivity index (χ1n) is 4.36. The zero-order valence-electron chi connectivity index (χ0n) is 8.04. The van der Waals surface area contributed by atoms with Crippen molar-refractivity contribution >= 4 is 5.97 Å². The van der Waals surface area contributed by atoms with Gasteiger partial charge in [-0.1, -0.05) is 0 Å². The van der Waals surface area contributed by atoms with E-state index < -0.39 is 5.97 Å². The summed E-state index contributed by atoms with van der Waals surface area (Å²) in [6, 6.07) is 0. The summed E-state index contributed by atoms with van der Waals surface area (Å²) in [5.74, 6) is -1.12. The quantitative estimate of drug-likeness (QED) is 0.435. The molecule has 0 spiro atoms. The summed E-state index contributed by atoms with van der Waals surface area (Å²) in [6.07, 6.45) is 2.83. The van der Waals surface area contributed by atoms with Crippen LogP contribution in [0.3, 0.4) is 0 Å². The van der Waals surface area contributed by atoms with Crippen LogP contribution in [0.1, 0.15) is 20.8 Å². The van der Waals surface area contributed by atoms with E-state index in [1.807, 2.05) is 20.8 Å². The van der Waals surface area contributed by atoms with Gasteiger partial charge < -0.3 is 9.90 Å². The molecule has 0 heterocycles. The molecule has 0 fully saturated rings. The van der Waals surface area contributed by atoms with E-state index >= 15 is 0 Å². The SMILES string of the molecule is CC[N+](/C=C/C(=O)[O-])(CC)CC. The topological polar surface area (TPSA) is 40.1 Å². The standard InChI is InChI=1S/C9H17NO2/c1-4-10(5-2,6-3)8-7-9(11)12/h7-8H,4-6H2,1-3H3/b8-7+. The van der Waals surface area contributed by atoms with Gasteiger partial charge in [0, 0.05) is 6.08 Å². The van der Waals surface area contributed by atoms with Crippen LogP contribution < -0.4 is 5.11 Å². The van der Waals surface area contributed by atoms with Crippen molar-refractivity contribution in [3.63, 3.8) is 0 Å². The van der Waals surface area contributed by atoms with Crippen LogP contribution >= 0.6 is 0 Å². The molecule has 0 saturated heterocycles. The Bertz CT molecular complexity index is 163. The minimum atomic E-state index is -1.12. The highest BCUT2D eigenvalue weighted by atomic mass is 16.4. The van der Waals surface area contributed by atoms with Crippen molar-refractivity contribution in [2.75, 3.05) is 19.6 Å². The third-order valence-electron chi connectivity index (χ3n) is 2.42. The van der Waals surface area contributed by atoms with Crippen molar-refractivity contribution in [2.45, 2.75) is 20.8 Å². The number of carbonyl (C=O) groups is 1. The number of carbonyl (C=O) groups excluding carboxylic acids is 1. The summed E-state index contributed by atoms with van der Waals surface area (Å²) in [5.41, 5.74) is 0. The van der Waals surface area contributed by atoms with E-state index in [-0.39, 0.29) is 0 Å². The molecule has 0 rings (SSSR count). The maximum Gasteiger partial charge on any atom is 0.0976 e. The van der Waals surface area contributed by atoms with E-state index in [1.165, 1.54) is 0 Å². The lowest BCUT2D eigenvalue weighted by atomic mass is 10.3. The van der Waals surface area contributed by atoms with Gasteiger partial charge in [0.1, 0.15) is 0 Å². The first-order valence-corrected chi connectivity index (χ1v) is 4.36. The van der Waals surface area contributed by atoms with Crippen LogP contribution in [0.2, 0.25) is 0 Å². The number of carboxylic acid groups (broad SMARTS) is 1. The summed E-state index contributed by atoms with van der Waals surface area (Å²) in [7, 11) is 0. The van der Waals surface area contributed by atoms with Gasteiger partial charge in [-0.2, -0.15) is 0 Å². The predicted molar refractivity (Wildman–Crippen MR) is 46.0 cm³/mol. The van der Waals surface area contributed by atoms with Gasteiger partial charge in [-0.25, -0.2) is 0 Å². The summed E-state index contributed by atoms with van der Waals surface area (Å²) in [6.45, 7) is 8.89. The molecule has 3 heteroatoms. The summed E-state index contributed by atoms with van der Waals surface area (Å²) in [4.78, 5) is 10.2. The number of hydrogen-bond acceptors (Lipinski definition) is 2. The molecule has 0 bridgehead atoms. The van der Waals surface area contributed by atoms with Crippen molar-refractivity contribution in [3.05, 3.63) is 12.3 Å². The molecule has 0 aliphatic heterocycles. The molecule has 0 atom stereocenters. The number of aliphatic carboxylic acids is 1. The Morgan fingerprint density at radius 1 is 1.25 bits per heavy atom. The van der Waals surface area contributed by atoms with Gasteiger partial charge in [0.15, 0.2) is 0 Å². The van der Waals surface area contributed by atoms with Crippen molar-refractivity contribution < 1.29 is 14.4 Å². The average Bonchev–Trinajstić information content (AvgIpc) is 2.08. The van der Waals surface area contributed by atoms with E-state index in [0.717, 1.165) is 25.7 Å². The smallest absolute Gasteiger partial charge is 0.0976 e. The molecule has 0 aliphatic carbocycles. The first-order chi connectivity index (χ1) is 5.60. The van der Waals surface area contributed by atoms with Crippen LogP contribution in [0.5, 0.6) is 0 Å². The van der Waals surface area contributed by atoms with Gasteiger partial charge >= 0.3 is 0 Å². The van der Waals surface area contributed by atoms with Crippen LogP contribution in [-0.2, 0) is 4.79 Å². The van der Waals surface area contributed by atoms with Crippen molar-refractivity contribution in [3.8, 4) is 0 Å². The van der Waals surface area contributed by atoms with Gasteiger partial charge in [-0.05, 0) is 20.8 Å². The Labute approximate surface area is 73.9 Å². The lowest BCUT2D eigenvalue weighted by Crippen LogP contribution is -2.42. The molecule has 0 radical (unpaired) electrons. The largest absolute Gasteiger partial charge is 0.545 e. The van der Waals surface area contributed by atoms with E-state index in [4.69, 9.17) is 0 Å². The molecule has 0 N–H and O–H groups in total. The summed E-state index contributed by atoms with van der Waals surface area (Å²) < 4.78 is 0.702. The third kappa shape index (κ3) is 3.05. The van der Waals surface area contributed by atoms with Crippen LogP contribution in [-0.4, -0.2) is 30.1 Å². The lowest BCUT2D eigenvalue weighted by Gasteiger charge is -2.31. The second-order valence-electron chi connectivity index (χ2n) is 2.80. The maximum atomic E-state index is 10.2. The number of nitrogens with zero attached hydrogens (tertiary/aromatic N) is 1. The van der Waals surface area contributed by atoms with Crippen molar-refractivity contribution in [1.82, 2.24) is 0 Å². The molecular formula is C9H17NO2. The average molecular weight is 171 g/mol. The van der Waals surface area contributed by atoms with Crippen molar-refractivity contribution in [2.24, 2.45) is 0 Å². The molecule has 0 aliphatic rings. The first kappa shape index (κ1) is 11.2. The maximum absolute atomic E-state index is 10.2. The summed E-state index contributed by atoms with van der Waals surface area (Å²) in [5, 5.41) is 10.2. The van der Waals surface area contributed by atoms with Gasteiger partial charge in [-0.3, -0.25) is 4.48 Å². The van der Waals surface area contributed by atoms with E-state index in [9.17, 15) is 9.90 Å². The van der Waals surface area contributed by atoms with Gasteiger partial charge in [0.25, 0.3) is 0 Å². The zero-order chi connectivity index (χ0) is 9.61. The van der Waals surface area contributed by atoms with Gasteiger partial charge in [0.05, 0.1) is 31.8 Å². The second-order valence-corrected chi connectivity index (χ2v) is 2.80. The molecule has 0 saturated carbocycles. The highest BCUT2D eigenvalue weighted by Gasteiger charge is 2.16. The van der Waals surface area contributed by atoms with E-state index in [0.29, 0.717) is 4.48 Å². The van der Waals surface area contributed by atoms with Gasteiger partial charge in [-0.15, -0.1) is 0 Å². The normalized spacial score (nSPS) is 12.2. The van der Waals surface area contributed by atoms with E-state index in [1.54, 1.807) is 6.20 Å². The molecule has 12 heavy (non-hydrogen) atoms. The summed E-state index contributed by atoms with van der Waals surface area (Å²) >= 11 is 0. The third-order valence-corrected chi connectivity index (χ3v) is 2.42. The Hall–Kier alpha value is -0.830. The monoisotopic (exact) mass is 171 g/mol. The Balaban J connectivity index is 4.39. The zero-order valence-corrected chi connectivity index (χ0v) is 8.04. The molecular weight excluding hydrogens is 154 g/mol. The van der Waals surface area contributed by atoms with Crippen LogP contribution in [0, 0.1) is 0 Å². The van der Waals surface area contributed by atoms with Gasteiger partial charge in [0.2, 0.25) is 0 Å². The minimum Gasteiger partial charge on any atom is -0.545 e. The predicted octanol–water partition coefficient (Wildman–Crippen LogP) is 0.126.